The van der Waals surface area contributed by atoms with Gasteiger partial charge in [0.15, 0.2) is 0 Å². The summed E-state index contributed by atoms with van der Waals surface area (Å²) in [6, 6.07) is 2.27. The Morgan fingerprint density at radius 3 is 2.38 bits per heavy atom. The molecule has 0 amide bonds. The lowest BCUT2D eigenvalue weighted by atomic mass is 10.0. The maximum atomic E-state index is 11.6. The second-order valence-corrected chi connectivity index (χ2v) is 5.67. The zero-order chi connectivity index (χ0) is 9.84. The van der Waals surface area contributed by atoms with Gasteiger partial charge in [-0.05, 0) is 26.7 Å². The van der Waals surface area contributed by atoms with Gasteiger partial charge in [-0.15, -0.1) is 0 Å². The van der Waals surface area contributed by atoms with E-state index < -0.39 is 11.0 Å². The zero-order valence-electron chi connectivity index (χ0n) is 8.19. The van der Waals surface area contributed by atoms with Crippen LogP contribution in [-0.4, -0.2) is 26.9 Å². The van der Waals surface area contributed by atoms with Crippen LogP contribution in [0.2, 0.25) is 0 Å². The Hall–Kier alpha value is -0.400. The lowest BCUT2D eigenvalue weighted by molar-refractivity contribution is 0.322. The number of nitrogens with zero attached hydrogens (tertiary/aromatic N) is 2. The van der Waals surface area contributed by atoms with E-state index in [-0.39, 0.29) is 11.2 Å². The van der Waals surface area contributed by atoms with Crippen LogP contribution in [0.15, 0.2) is 0 Å². The van der Waals surface area contributed by atoms with Crippen LogP contribution >= 0.6 is 0 Å². The fourth-order valence-corrected chi connectivity index (χ4v) is 2.63. The summed E-state index contributed by atoms with van der Waals surface area (Å²) in [5, 5.41) is 8.87. The van der Waals surface area contributed by atoms with Crippen molar-refractivity contribution in [3.8, 4) is 6.07 Å². The first-order valence-corrected chi connectivity index (χ1v) is 5.87. The summed E-state index contributed by atoms with van der Waals surface area (Å²) < 4.78 is 13.6. The Morgan fingerprint density at radius 1 is 1.46 bits per heavy atom. The Kier molecular flexibility index (Phi) is 3.89. The summed E-state index contributed by atoms with van der Waals surface area (Å²) in [5.74, 6) is 0.181. The van der Waals surface area contributed by atoms with E-state index in [0.29, 0.717) is 0 Å². The molecule has 0 bridgehead atoms. The topological polar surface area (TPSA) is 44.1 Å². The van der Waals surface area contributed by atoms with E-state index >= 15 is 0 Å². The quantitative estimate of drug-likeness (QED) is 0.674. The van der Waals surface area contributed by atoms with Gasteiger partial charge in [0.1, 0.15) is 0 Å². The average molecular weight is 200 g/mol. The molecule has 74 valence electrons. The molecule has 1 saturated heterocycles. The molecule has 0 radical (unpaired) electrons. The fourth-order valence-electron chi connectivity index (χ4n) is 1.46. The molecule has 1 unspecified atom stereocenters. The van der Waals surface area contributed by atoms with Crippen LogP contribution in [0.3, 0.4) is 0 Å². The molecule has 0 spiro atoms. The van der Waals surface area contributed by atoms with E-state index in [1.165, 1.54) is 0 Å². The highest BCUT2D eigenvalue weighted by molar-refractivity contribution is 7.83. The largest absolute Gasteiger partial charge is 0.242 e. The first-order chi connectivity index (χ1) is 6.15. The molecule has 1 fully saturated rings. The molecule has 0 aliphatic carbocycles. The van der Waals surface area contributed by atoms with Crippen molar-refractivity contribution >= 4 is 11.0 Å². The lowest BCUT2D eigenvalue weighted by Gasteiger charge is -2.28. The van der Waals surface area contributed by atoms with Gasteiger partial charge in [-0.1, -0.05) is 0 Å². The van der Waals surface area contributed by atoms with Crippen LogP contribution in [-0.2, 0) is 11.0 Å². The first kappa shape index (κ1) is 10.7. The monoisotopic (exact) mass is 200 g/mol. The second-order valence-electron chi connectivity index (χ2n) is 3.66. The number of rotatable bonds is 2. The average Bonchev–Trinajstić information content (AvgIpc) is 2.17. The Bertz CT molecular complexity index is 226. The number of hydrogen-bond acceptors (Lipinski definition) is 2. The van der Waals surface area contributed by atoms with E-state index in [1.54, 1.807) is 0 Å². The third-order valence-corrected chi connectivity index (χ3v) is 3.97. The third kappa shape index (κ3) is 2.78. The molecular formula is C9H16N2OS. The molecule has 0 saturated carbocycles. The minimum Gasteiger partial charge on any atom is -0.242 e. The molecule has 1 atom stereocenters. The molecule has 3 nitrogen and oxygen atoms in total. The summed E-state index contributed by atoms with van der Waals surface area (Å²) in [6.45, 7) is 5.55. The first-order valence-electron chi connectivity index (χ1n) is 4.70. The summed E-state index contributed by atoms with van der Waals surface area (Å²) in [4.78, 5) is 0. The molecule has 4 heteroatoms. The fraction of sp³-hybridized carbons (Fsp3) is 0.889. The normalized spacial score (nSPS) is 22.9. The molecule has 0 aromatic carbocycles. The van der Waals surface area contributed by atoms with Crippen molar-refractivity contribution in [1.82, 2.24) is 4.31 Å². The van der Waals surface area contributed by atoms with Crippen molar-refractivity contribution in [3.05, 3.63) is 0 Å². The molecule has 1 aliphatic rings. The highest BCUT2D eigenvalue weighted by Crippen LogP contribution is 2.18. The smallest absolute Gasteiger partial charge is 0.0968 e. The van der Waals surface area contributed by atoms with Gasteiger partial charge in [-0.25, -0.2) is 8.51 Å². The Morgan fingerprint density at radius 2 is 2.00 bits per heavy atom. The summed E-state index contributed by atoms with van der Waals surface area (Å²) in [7, 11) is -0.851. The minimum absolute atomic E-state index is 0.181. The highest BCUT2D eigenvalue weighted by atomic mass is 32.2. The van der Waals surface area contributed by atoms with Crippen LogP contribution in [0.25, 0.3) is 0 Å². The van der Waals surface area contributed by atoms with Crippen LogP contribution in [0.5, 0.6) is 0 Å². The van der Waals surface area contributed by atoms with Gasteiger partial charge in [0, 0.05) is 24.3 Å². The van der Waals surface area contributed by atoms with Crippen LogP contribution in [0, 0.1) is 17.2 Å². The lowest BCUT2D eigenvalue weighted by Crippen LogP contribution is -2.37. The van der Waals surface area contributed by atoms with E-state index in [0.717, 1.165) is 25.9 Å². The maximum Gasteiger partial charge on any atom is 0.0968 e. The van der Waals surface area contributed by atoms with Crippen LogP contribution < -0.4 is 0 Å². The van der Waals surface area contributed by atoms with E-state index in [4.69, 9.17) is 5.26 Å². The van der Waals surface area contributed by atoms with Gasteiger partial charge in [-0.2, -0.15) is 5.26 Å². The summed E-state index contributed by atoms with van der Waals surface area (Å²) in [5.41, 5.74) is 0. The molecule has 0 N–H and O–H groups in total. The van der Waals surface area contributed by atoms with E-state index in [1.807, 2.05) is 18.2 Å². The molecular weight excluding hydrogens is 184 g/mol. The van der Waals surface area contributed by atoms with Gasteiger partial charge >= 0.3 is 0 Å². The van der Waals surface area contributed by atoms with Crippen molar-refractivity contribution in [2.75, 3.05) is 13.1 Å². The van der Waals surface area contributed by atoms with E-state index in [2.05, 4.69) is 6.07 Å². The van der Waals surface area contributed by atoms with Gasteiger partial charge in [0.05, 0.1) is 17.1 Å². The van der Waals surface area contributed by atoms with Crippen molar-refractivity contribution in [3.63, 3.8) is 0 Å². The summed E-state index contributed by atoms with van der Waals surface area (Å²) >= 11 is 0. The van der Waals surface area contributed by atoms with Crippen LogP contribution in [0.1, 0.15) is 26.7 Å². The van der Waals surface area contributed by atoms with Crippen molar-refractivity contribution in [1.29, 1.82) is 5.26 Å². The van der Waals surface area contributed by atoms with Gasteiger partial charge < -0.3 is 0 Å². The standard InChI is InChI=1S/C9H16N2OS/c1-8(2)13(12)11-5-3-9(7-10)4-6-11/h8-9H,3-6H2,1-2H3. The molecule has 13 heavy (non-hydrogen) atoms. The van der Waals surface area contributed by atoms with E-state index in [9.17, 15) is 4.21 Å². The predicted octanol–water partition coefficient (Wildman–Crippen LogP) is 1.29. The SMILES string of the molecule is CC(C)S(=O)N1CCC(C#N)CC1. The number of hydrogen-bond donors (Lipinski definition) is 0. The highest BCUT2D eigenvalue weighted by Gasteiger charge is 2.23. The van der Waals surface area contributed by atoms with Crippen molar-refractivity contribution in [2.45, 2.75) is 31.9 Å². The second kappa shape index (κ2) is 4.73. The molecule has 1 heterocycles. The van der Waals surface area contributed by atoms with Crippen LogP contribution in [0.4, 0.5) is 0 Å². The number of piperidine rings is 1. The Labute approximate surface area is 82.3 Å². The van der Waals surface area contributed by atoms with Gasteiger partial charge in [0.25, 0.3) is 0 Å². The molecule has 1 aliphatic heterocycles. The van der Waals surface area contributed by atoms with Crippen molar-refractivity contribution in [2.24, 2.45) is 5.92 Å². The Balaban J connectivity index is 2.42. The third-order valence-electron chi connectivity index (χ3n) is 2.29. The van der Waals surface area contributed by atoms with Gasteiger partial charge in [0.2, 0.25) is 0 Å². The predicted molar refractivity (Wildman–Crippen MR) is 53.2 cm³/mol. The summed E-state index contributed by atoms with van der Waals surface area (Å²) in [6.07, 6.45) is 1.74. The minimum atomic E-state index is -0.851. The van der Waals surface area contributed by atoms with Gasteiger partial charge in [-0.3, -0.25) is 0 Å². The van der Waals surface area contributed by atoms with Crippen molar-refractivity contribution < 1.29 is 4.21 Å². The number of nitriles is 1. The molecule has 0 aromatic rings. The zero-order valence-corrected chi connectivity index (χ0v) is 9.01. The maximum absolute atomic E-state index is 11.6. The molecule has 1 rings (SSSR count). The molecule has 0 aromatic heterocycles.